The van der Waals surface area contributed by atoms with Crippen molar-refractivity contribution in [2.24, 2.45) is 0 Å². The van der Waals surface area contributed by atoms with Gasteiger partial charge in [0.15, 0.2) is 0 Å². The Morgan fingerprint density at radius 2 is 2.21 bits per heavy atom. The molecule has 0 aromatic carbocycles. The summed E-state index contributed by atoms with van der Waals surface area (Å²) in [6.45, 7) is 8.61. The van der Waals surface area contributed by atoms with E-state index in [0.29, 0.717) is 19.6 Å². The zero-order valence-electron chi connectivity index (χ0n) is 12.6. The molecular weight excluding hydrogens is 242 g/mol. The first-order valence-corrected chi connectivity index (χ1v) is 7.20. The van der Waals surface area contributed by atoms with E-state index in [2.05, 4.69) is 0 Å². The van der Waals surface area contributed by atoms with Crippen molar-refractivity contribution in [2.45, 2.75) is 65.0 Å². The Hall–Kier alpha value is -1.03. The molecule has 0 aliphatic carbocycles. The van der Waals surface area contributed by atoms with Gasteiger partial charge in [-0.2, -0.15) is 0 Å². The quantitative estimate of drug-likeness (QED) is 0.798. The van der Waals surface area contributed by atoms with Crippen molar-refractivity contribution in [1.29, 1.82) is 0 Å². The van der Waals surface area contributed by atoms with Gasteiger partial charge in [0.1, 0.15) is 6.61 Å². The molecular formula is C15H27NO3. The molecule has 19 heavy (non-hydrogen) atoms. The summed E-state index contributed by atoms with van der Waals surface area (Å²) in [4.78, 5) is 13.9. The minimum Gasteiger partial charge on any atom is -0.445 e. The molecule has 0 saturated carbocycles. The Balaban J connectivity index is 2.69. The number of hydrogen-bond acceptors (Lipinski definition) is 3. The van der Waals surface area contributed by atoms with Crippen molar-refractivity contribution < 1.29 is 14.6 Å². The number of aliphatic hydroxyl groups is 1. The summed E-state index contributed by atoms with van der Waals surface area (Å²) >= 11 is 0. The third-order valence-corrected chi connectivity index (χ3v) is 4.09. The van der Waals surface area contributed by atoms with Crippen LogP contribution in [0.25, 0.3) is 0 Å². The minimum atomic E-state index is -0.838. The van der Waals surface area contributed by atoms with E-state index in [1.807, 2.05) is 26.8 Å². The lowest BCUT2D eigenvalue weighted by Gasteiger charge is -2.42. The van der Waals surface area contributed by atoms with Crippen molar-refractivity contribution in [3.05, 3.63) is 11.6 Å². The molecule has 0 radical (unpaired) electrons. The highest BCUT2D eigenvalue weighted by Crippen LogP contribution is 2.29. The maximum absolute atomic E-state index is 12.2. The lowest BCUT2D eigenvalue weighted by molar-refractivity contribution is -0.0475. The van der Waals surface area contributed by atoms with Crippen LogP contribution in [0.5, 0.6) is 0 Å². The fourth-order valence-corrected chi connectivity index (χ4v) is 2.37. The average Bonchev–Trinajstić information content (AvgIpc) is 2.44. The van der Waals surface area contributed by atoms with E-state index in [1.54, 1.807) is 11.8 Å². The van der Waals surface area contributed by atoms with Crippen LogP contribution in [-0.4, -0.2) is 40.9 Å². The summed E-state index contributed by atoms with van der Waals surface area (Å²) < 4.78 is 5.31. The number of ether oxygens (including phenoxy) is 1. The van der Waals surface area contributed by atoms with E-state index in [0.717, 1.165) is 24.8 Å². The normalized spacial score (nSPS) is 23.9. The van der Waals surface area contributed by atoms with Gasteiger partial charge in [-0.1, -0.05) is 13.0 Å². The van der Waals surface area contributed by atoms with Gasteiger partial charge in [0.05, 0.1) is 11.6 Å². The number of allylic oxidation sites excluding steroid dienone is 1. The van der Waals surface area contributed by atoms with E-state index < -0.39 is 5.60 Å². The lowest BCUT2D eigenvalue weighted by atomic mass is 9.86. The molecule has 2 unspecified atom stereocenters. The van der Waals surface area contributed by atoms with Gasteiger partial charge in [-0.25, -0.2) is 4.79 Å². The molecule has 4 nitrogen and oxygen atoms in total. The van der Waals surface area contributed by atoms with Gasteiger partial charge in [0.2, 0.25) is 0 Å². The average molecular weight is 269 g/mol. The number of carbonyl (C=O) groups is 1. The summed E-state index contributed by atoms with van der Waals surface area (Å²) in [7, 11) is 0. The molecule has 110 valence electrons. The number of carbonyl (C=O) groups excluding carboxylic acids is 1. The zero-order valence-corrected chi connectivity index (χ0v) is 12.6. The minimum absolute atomic E-state index is 0.135. The van der Waals surface area contributed by atoms with Gasteiger partial charge < -0.3 is 14.7 Å². The predicted molar refractivity (Wildman–Crippen MR) is 76.0 cm³/mol. The molecule has 1 heterocycles. The Labute approximate surface area is 116 Å². The molecule has 0 aromatic rings. The molecule has 0 spiro atoms. The van der Waals surface area contributed by atoms with E-state index in [4.69, 9.17) is 4.74 Å². The molecule has 0 bridgehead atoms. The Morgan fingerprint density at radius 1 is 1.53 bits per heavy atom. The number of likely N-dealkylation sites (tertiary alicyclic amines) is 1. The third kappa shape index (κ3) is 4.23. The first-order valence-electron chi connectivity index (χ1n) is 7.20. The summed E-state index contributed by atoms with van der Waals surface area (Å²) in [6, 6.07) is -0.135. The molecule has 1 N–H and O–H groups in total. The van der Waals surface area contributed by atoms with Crippen molar-refractivity contribution in [2.75, 3.05) is 13.2 Å². The first-order chi connectivity index (χ1) is 8.92. The molecule has 2 atom stereocenters. The second kappa shape index (κ2) is 6.94. The first kappa shape index (κ1) is 16.0. The van der Waals surface area contributed by atoms with Gasteiger partial charge in [0.25, 0.3) is 0 Å². The van der Waals surface area contributed by atoms with Gasteiger partial charge in [0, 0.05) is 6.54 Å². The fraction of sp³-hybridized carbons (Fsp3) is 0.800. The van der Waals surface area contributed by atoms with Crippen LogP contribution in [0, 0.1) is 0 Å². The highest BCUT2D eigenvalue weighted by atomic mass is 16.6. The maximum atomic E-state index is 12.2. The zero-order chi connectivity index (χ0) is 14.5. The van der Waals surface area contributed by atoms with E-state index in [-0.39, 0.29) is 12.1 Å². The van der Waals surface area contributed by atoms with E-state index >= 15 is 0 Å². The smallest absolute Gasteiger partial charge is 0.410 e. The Bertz CT molecular complexity index is 336. The summed E-state index contributed by atoms with van der Waals surface area (Å²) in [5, 5.41) is 10.4. The van der Waals surface area contributed by atoms with Gasteiger partial charge in [-0.3, -0.25) is 0 Å². The van der Waals surface area contributed by atoms with Crippen molar-refractivity contribution in [3.8, 4) is 0 Å². The topological polar surface area (TPSA) is 49.8 Å². The van der Waals surface area contributed by atoms with Crippen LogP contribution < -0.4 is 0 Å². The van der Waals surface area contributed by atoms with Gasteiger partial charge >= 0.3 is 6.09 Å². The fourth-order valence-electron chi connectivity index (χ4n) is 2.37. The number of nitrogens with zero attached hydrogens (tertiary/aromatic N) is 1. The van der Waals surface area contributed by atoms with Crippen LogP contribution in [0.4, 0.5) is 4.79 Å². The maximum Gasteiger partial charge on any atom is 0.410 e. The highest BCUT2D eigenvalue weighted by Gasteiger charge is 2.39. The van der Waals surface area contributed by atoms with E-state index in [1.165, 1.54) is 0 Å². The van der Waals surface area contributed by atoms with E-state index in [9.17, 15) is 9.90 Å². The SMILES string of the molecule is C/C=C(\C)COC(=O)N1CCCCC1C(C)(O)CC. The Morgan fingerprint density at radius 3 is 2.79 bits per heavy atom. The number of hydrogen-bond donors (Lipinski definition) is 1. The summed E-state index contributed by atoms with van der Waals surface area (Å²) in [5.74, 6) is 0. The standard InChI is InChI=1S/C15H27NO3/c1-5-12(3)11-19-14(17)16-10-8-7-9-13(16)15(4,18)6-2/h5,13,18H,6-11H2,1-4H3/b12-5+. The molecule has 1 aliphatic heterocycles. The van der Waals surface area contributed by atoms with Crippen LogP contribution in [0.15, 0.2) is 11.6 Å². The third-order valence-electron chi connectivity index (χ3n) is 4.09. The lowest BCUT2D eigenvalue weighted by Crippen LogP contribution is -2.55. The van der Waals surface area contributed by atoms with Crippen LogP contribution in [0.2, 0.25) is 0 Å². The molecule has 1 saturated heterocycles. The summed E-state index contributed by atoms with van der Waals surface area (Å²) in [5.41, 5.74) is 0.193. The Kier molecular flexibility index (Phi) is 5.85. The second-order valence-corrected chi connectivity index (χ2v) is 5.61. The molecule has 4 heteroatoms. The highest BCUT2D eigenvalue weighted by molar-refractivity contribution is 5.68. The van der Waals surface area contributed by atoms with Crippen molar-refractivity contribution in [1.82, 2.24) is 4.90 Å². The number of rotatable bonds is 4. The van der Waals surface area contributed by atoms with Gasteiger partial charge in [-0.05, 0) is 52.0 Å². The van der Waals surface area contributed by atoms with Crippen LogP contribution >= 0.6 is 0 Å². The predicted octanol–water partition coefficient (Wildman–Crippen LogP) is 3.10. The second-order valence-electron chi connectivity index (χ2n) is 5.61. The summed E-state index contributed by atoms with van der Waals surface area (Å²) in [6.07, 6.45) is 5.14. The van der Waals surface area contributed by atoms with Gasteiger partial charge in [-0.15, -0.1) is 0 Å². The monoisotopic (exact) mass is 269 g/mol. The van der Waals surface area contributed by atoms with Crippen LogP contribution in [0.1, 0.15) is 53.4 Å². The largest absolute Gasteiger partial charge is 0.445 e. The van der Waals surface area contributed by atoms with Crippen molar-refractivity contribution >= 4 is 6.09 Å². The molecule has 1 aliphatic rings. The number of amides is 1. The van der Waals surface area contributed by atoms with Crippen molar-refractivity contribution in [3.63, 3.8) is 0 Å². The molecule has 1 fully saturated rings. The van der Waals surface area contributed by atoms with Crippen LogP contribution in [-0.2, 0) is 4.74 Å². The van der Waals surface area contributed by atoms with Crippen LogP contribution in [0.3, 0.4) is 0 Å². The molecule has 0 aromatic heterocycles. The molecule has 1 rings (SSSR count). The molecule has 1 amide bonds. The number of piperidine rings is 1.